The van der Waals surface area contributed by atoms with Crippen molar-refractivity contribution in [2.24, 2.45) is 7.05 Å². The van der Waals surface area contributed by atoms with Crippen molar-refractivity contribution in [2.75, 3.05) is 0 Å². The van der Waals surface area contributed by atoms with Crippen LogP contribution in [-0.4, -0.2) is 37.8 Å². The average molecular weight is 448 g/mol. The number of amides is 1. The quantitative estimate of drug-likeness (QED) is 0.635. The van der Waals surface area contributed by atoms with Gasteiger partial charge in [0.2, 0.25) is 0 Å². The van der Waals surface area contributed by atoms with Crippen LogP contribution in [0.5, 0.6) is 0 Å². The predicted molar refractivity (Wildman–Crippen MR) is 126 cm³/mol. The lowest BCUT2D eigenvalue weighted by Crippen LogP contribution is -2.40. The highest BCUT2D eigenvalue weighted by atomic mass is 19.1. The van der Waals surface area contributed by atoms with E-state index in [4.69, 9.17) is 0 Å². The third-order valence-corrected chi connectivity index (χ3v) is 7.56. The summed E-state index contributed by atoms with van der Waals surface area (Å²) in [5.74, 6) is -0.265. The Morgan fingerprint density at radius 1 is 1.09 bits per heavy atom. The Bertz CT molecular complexity index is 1260. The van der Waals surface area contributed by atoms with Crippen molar-refractivity contribution in [3.63, 3.8) is 0 Å². The molecule has 3 aromatic rings. The number of rotatable bonds is 4. The maximum absolute atomic E-state index is 15.1. The van der Waals surface area contributed by atoms with Crippen molar-refractivity contribution >= 4 is 5.91 Å². The molecule has 2 aliphatic rings. The molecule has 5 rings (SSSR count). The lowest BCUT2D eigenvalue weighted by atomic mass is 9.90. The minimum atomic E-state index is -0.444. The average Bonchev–Trinajstić information content (AvgIpc) is 3.44. The molecular weight excluding hydrogens is 417 g/mol. The van der Waals surface area contributed by atoms with E-state index in [0.717, 1.165) is 58.3 Å². The second kappa shape index (κ2) is 8.10. The van der Waals surface area contributed by atoms with E-state index in [1.54, 1.807) is 10.7 Å². The van der Waals surface area contributed by atoms with E-state index in [1.807, 2.05) is 57.1 Å². The summed E-state index contributed by atoms with van der Waals surface area (Å²) >= 11 is 0. The molecular formula is C27H30FN3O2. The van der Waals surface area contributed by atoms with Gasteiger partial charge in [0.1, 0.15) is 5.82 Å². The van der Waals surface area contributed by atoms with Gasteiger partial charge in [0.15, 0.2) is 0 Å². The fourth-order valence-corrected chi connectivity index (χ4v) is 5.51. The highest BCUT2D eigenvalue weighted by Gasteiger charge is 2.39. The van der Waals surface area contributed by atoms with Crippen molar-refractivity contribution in [1.29, 1.82) is 0 Å². The number of carbonyl (C=O) groups is 1. The normalized spacial score (nSPS) is 20.1. The second-order valence-corrected chi connectivity index (χ2v) is 9.60. The molecule has 0 saturated heterocycles. The maximum atomic E-state index is 15.1. The zero-order valence-corrected chi connectivity index (χ0v) is 19.7. The minimum absolute atomic E-state index is 0.0110. The van der Waals surface area contributed by atoms with E-state index in [-0.39, 0.29) is 17.8 Å². The van der Waals surface area contributed by atoms with Gasteiger partial charge in [-0.15, -0.1) is 0 Å². The molecule has 1 fully saturated rings. The van der Waals surface area contributed by atoms with Gasteiger partial charge < -0.3 is 10.0 Å². The van der Waals surface area contributed by atoms with Crippen molar-refractivity contribution in [1.82, 2.24) is 14.7 Å². The van der Waals surface area contributed by atoms with E-state index >= 15 is 4.39 Å². The highest BCUT2D eigenvalue weighted by Crippen LogP contribution is 2.36. The molecule has 2 heterocycles. The first kappa shape index (κ1) is 21.8. The fourth-order valence-electron chi connectivity index (χ4n) is 5.51. The number of nitrogens with zero attached hydrogens (tertiary/aromatic N) is 3. The number of carbonyl (C=O) groups excluding carboxylic acids is 1. The lowest BCUT2D eigenvalue weighted by molar-refractivity contribution is 0.0479. The smallest absolute Gasteiger partial charge is 0.254 e. The summed E-state index contributed by atoms with van der Waals surface area (Å²) in [5, 5.41) is 14.7. The fraction of sp³-hybridized carbons (Fsp3) is 0.407. The standard InChI is InChI=1S/C27H30FN3O2/c1-15-16(2)22-14-31(25-6-5-7-26(25)32)27(33)21(22)11-20(15)10-19-9-8-18(12-24(19)28)23-13-30(4)29-17(23)3/h8-9,11-13,25-26,32H,5-7,10,14H2,1-4H3/t25-,26-/m0/s1. The molecule has 1 saturated carbocycles. The molecule has 2 aromatic carbocycles. The summed E-state index contributed by atoms with van der Waals surface area (Å²) in [6.45, 7) is 6.57. The third kappa shape index (κ3) is 3.66. The second-order valence-electron chi connectivity index (χ2n) is 9.60. The summed E-state index contributed by atoms with van der Waals surface area (Å²) in [4.78, 5) is 15.1. The van der Waals surface area contributed by atoms with Gasteiger partial charge >= 0.3 is 0 Å². The minimum Gasteiger partial charge on any atom is -0.391 e. The van der Waals surface area contributed by atoms with E-state index in [2.05, 4.69) is 5.10 Å². The Labute approximate surface area is 193 Å². The van der Waals surface area contributed by atoms with Crippen LogP contribution < -0.4 is 0 Å². The molecule has 1 amide bonds. The summed E-state index contributed by atoms with van der Waals surface area (Å²) in [6.07, 6.45) is 4.43. The zero-order valence-electron chi connectivity index (χ0n) is 19.7. The van der Waals surface area contributed by atoms with Crippen LogP contribution >= 0.6 is 0 Å². The van der Waals surface area contributed by atoms with Gasteiger partial charge in [-0.3, -0.25) is 9.48 Å². The van der Waals surface area contributed by atoms with Crippen molar-refractivity contribution in [3.8, 4) is 11.1 Å². The molecule has 172 valence electrons. The van der Waals surface area contributed by atoms with Gasteiger partial charge in [-0.2, -0.15) is 5.10 Å². The predicted octanol–water partition coefficient (Wildman–Crippen LogP) is 4.61. The van der Waals surface area contributed by atoms with E-state index in [1.165, 1.54) is 0 Å². The summed E-state index contributed by atoms with van der Waals surface area (Å²) in [6, 6.07) is 7.19. The largest absolute Gasteiger partial charge is 0.391 e. The monoisotopic (exact) mass is 447 g/mol. The molecule has 1 aromatic heterocycles. The third-order valence-electron chi connectivity index (χ3n) is 7.56. The van der Waals surface area contributed by atoms with Crippen molar-refractivity contribution < 1.29 is 14.3 Å². The Morgan fingerprint density at radius 3 is 2.52 bits per heavy atom. The van der Waals surface area contributed by atoms with Crippen molar-refractivity contribution in [2.45, 2.75) is 65.1 Å². The molecule has 33 heavy (non-hydrogen) atoms. The van der Waals surface area contributed by atoms with Gasteiger partial charge in [-0.1, -0.05) is 12.1 Å². The number of fused-ring (bicyclic) bond motifs is 1. The Kier molecular flexibility index (Phi) is 5.36. The van der Waals surface area contributed by atoms with Crippen LogP contribution in [0.25, 0.3) is 11.1 Å². The van der Waals surface area contributed by atoms with Crippen LogP contribution in [0.2, 0.25) is 0 Å². The van der Waals surface area contributed by atoms with E-state index < -0.39 is 6.10 Å². The molecule has 1 N–H and O–H groups in total. The van der Waals surface area contributed by atoms with E-state index in [9.17, 15) is 9.90 Å². The van der Waals surface area contributed by atoms with Gasteiger partial charge in [0.25, 0.3) is 5.91 Å². The topological polar surface area (TPSA) is 58.4 Å². The Hall–Kier alpha value is -2.99. The summed E-state index contributed by atoms with van der Waals surface area (Å²) < 4.78 is 16.9. The van der Waals surface area contributed by atoms with Crippen LogP contribution in [0.15, 0.2) is 30.5 Å². The Morgan fingerprint density at radius 2 is 1.88 bits per heavy atom. The number of aliphatic hydroxyl groups is 1. The first-order valence-electron chi connectivity index (χ1n) is 11.6. The maximum Gasteiger partial charge on any atom is 0.254 e. The van der Waals surface area contributed by atoms with E-state index in [0.29, 0.717) is 24.1 Å². The number of aryl methyl sites for hydroxylation is 2. The van der Waals surface area contributed by atoms with Crippen LogP contribution in [0, 0.1) is 26.6 Å². The van der Waals surface area contributed by atoms with Crippen molar-refractivity contribution in [3.05, 3.63) is 75.4 Å². The number of benzene rings is 2. The molecule has 0 radical (unpaired) electrons. The molecule has 0 unspecified atom stereocenters. The number of hydrogen-bond acceptors (Lipinski definition) is 3. The summed E-state index contributed by atoms with van der Waals surface area (Å²) in [7, 11) is 1.86. The first-order chi connectivity index (χ1) is 15.7. The molecule has 0 bridgehead atoms. The zero-order chi connectivity index (χ0) is 23.4. The number of hydrogen-bond donors (Lipinski definition) is 1. The molecule has 6 heteroatoms. The van der Waals surface area contributed by atoms with Crippen LogP contribution in [-0.2, 0) is 20.0 Å². The molecule has 5 nitrogen and oxygen atoms in total. The number of aliphatic hydroxyl groups excluding tert-OH is 1. The lowest BCUT2D eigenvalue weighted by Gasteiger charge is -2.26. The summed E-state index contributed by atoms with van der Waals surface area (Å²) in [5.41, 5.74) is 8.12. The van der Waals surface area contributed by atoms with Crippen LogP contribution in [0.3, 0.4) is 0 Å². The first-order valence-corrected chi connectivity index (χ1v) is 11.6. The number of halogens is 1. The van der Waals surface area contributed by atoms with Gasteiger partial charge in [0.05, 0.1) is 17.8 Å². The molecule has 0 spiro atoms. The number of aromatic nitrogens is 2. The SMILES string of the molecule is Cc1nn(C)cc1-c1ccc(Cc2cc3c(c(C)c2C)CN([C@H]2CCC[C@@H]2O)C3=O)c(F)c1. The van der Waals surface area contributed by atoms with Gasteiger partial charge in [0, 0.05) is 37.3 Å². The van der Waals surface area contributed by atoms with Gasteiger partial charge in [-0.25, -0.2) is 4.39 Å². The van der Waals surface area contributed by atoms with Crippen LogP contribution in [0.1, 0.15) is 63.1 Å². The molecule has 2 atom stereocenters. The molecule has 1 aliphatic heterocycles. The highest BCUT2D eigenvalue weighted by molar-refractivity contribution is 5.99. The molecule has 1 aliphatic carbocycles. The van der Waals surface area contributed by atoms with Gasteiger partial charge in [-0.05, 0) is 85.5 Å². The van der Waals surface area contributed by atoms with Crippen LogP contribution in [0.4, 0.5) is 4.39 Å². The Balaban J connectivity index is 1.45.